The Balaban J connectivity index is 2.23. The minimum atomic E-state index is -0.834. The normalized spacial score (nSPS) is 36.9. The summed E-state index contributed by atoms with van der Waals surface area (Å²) in [5.74, 6) is -0.0485. The van der Waals surface area contributed by atoms with Crippen LogP contribution in [-0.2, 0) is 4.79 Å². The SMILES string of the molecule is C=C(C(=O)O)C1CC=C2CCCC(C)C2(C)C1. The molecular weight excluding hydrogens is 212 g/mol. The van der Waals surface area contributed by atoms with Gasteiger partial charge in [-0.1, -0.05) is 32.1 Å². The smallest absolute Gasteiger partial charge is 0.331 e. The van der Waals surface area contributed by atoms with Gasteiger partial charge in [0.05, 0.1) is 0 Å². The number of carboxylic acids is 1. The van der Waals surface area contributed by atoms with E-state index in [0.717, 1.165) is 12.8 Å². The molecule has 2 nitrogen and oxygen atoms in total. The van der Waals surface area contributed by atoms with Gasteiger partial charge in [0, 0.05) is 5.57 Å². The summed E-state index contributed by atoms with van der Waals surface area (Å²) in [5, 5.41) is 9.06. The van der Waals surface area contributed by atoms with Crippen LogP contribution in [0.4, 0.5) is 0 Å². The van der Waals surface area contributed by atoms with E-state index in [9.17, 15) is 4.79 Å². The first kappa shape index (κ1) is 12.4. The van der Waals surface area contributed by atoms with Gasteiger partial charge in [-0.2, -0.15) is 0 Å². The number of fused-ring (bicyclic) bond motifs is 1. The Kier molecular flexibility index (Phi) is 3.15. The number of hydrogen-bond acceptors (Lipinski definition) is 1. The lowest BCUT2D eigenvalue weighted by Crippen LogP contribution is -2.37. The number of hydrogen-bond donors (Lipinski definition) is 1. The second-order valence-corrected chi connectivity index (χ2v) is 5.91. The largest absolute Gasteiger partial charge is 0.478 e. The fourth-order valence-electron chi connectivity index (χ4n) is 3.51. The molecule has 94 valence electrons. The predicted octanol–water partition coefficient (Wildman–Crippen LogP) is 3.79. The quantitative estimate of drug-likeness (QED) is 0.583. The number of carboxylic acid groups (broad SMARTS) is 1. The van der Waals surface area contributed by atoms with E-state index in [1.165, 1.54) is 19.3 Å². The Labute approximate surface area is 103 Å². The number of allylic oxidation sites excluding steroid dienone is 2. The van der Waals surface area contributed by atoms with Crippen LogP contribution in [0.3, 0.4) is 0 Å². The molecule has 0 amide bonds. The minimum absolute atomic E-state index is 0.127. The summed E-state index contributed by atoms with van der Waals surface area (Å²) in [5.41, 5.74) is 2.16. The van der Waals surface area contributed by atoms with Crippen LogP contribution in [0.25, 0.3) is 0 Å². The van der Waals surface area contributed by atoms with E-state index in [1.54, 1.807) is 5.57 Å². The molecule has 0 aromatic rings. The molecule has 2 aliphatic carbocycles. The zero-order chi connectivity index (χ0) is 12.6. The first-order valence-corrected chi connectivity index (χ1v) is 6.56. The van der Waals surface area contributed by atoms with Gasteiger partial charge in [-0.25, -0.2) is 4.79 Å². The van der Waals surface area contributed by atoms with Crippen molar-refractivity contribution in [2.75, 3.05) is 0 Å². The molecule has 1 fully saturated rings. The van der Waals surface area contributed by atoms with Crippen molar-refractivity contribution in [2.24, 2.45) is 17.3 Å². The van der Waals surface area contributed by atoms with Gasteiger partial charge in [0.2, 0.25) is 0 Å². The Hall–Kier alpha value is -1.05. The van der Waals surface area contributed by atoms with E-state index in [1.807, 2.05) is 0 Å². The highest BCUT2D eigenvalue weighted by Gasteiger charge is 2.42. The molecule has 0 saturated heterocycles. The molecule has 0 bridgehead atoms. The molecule has 0 aliphatic heterocycles. The first-order chi connectivity index (χ1) is 7.95. The van der Waals surface area contributed by atoms with Crippen molar-refractivity contribution in [1.82, 2.24) is 0 Å². The Morgan fingerprint density at radius 3 is 2.94 bits per heavy atom. The van der Waals surface area contributed by atoms with Crippen LogP contribution in [0.1, 0.15) is 46.0 Å². The number of aliphatic carboxylic acids is 1. The topological polar surface area (TPSA) is 37.3 Å². The Morgan fingerprint density at radius 2 is 2.29 bits per heavy atom. The number of carbonyl (C=O) groups is 1. The second kappa shape index (κ2) is 4.32. The highest BCUT2D eigenvalue weighted by atomic mass is 16.4. The maximum Gasteiger partial charge on any atom is 0.331 e. The molecule has 3 atom stereocenters. The van der Waals surface area contributed by atoms with E-state index >= 15 is 0 Å². The van der Waals surface area contributed by atoms with Crippen LogP contribution >= 0.6 is 0 Å². The molecule has 17 heavy (non-hydrogen) atoms. The molecule has 1 saturated carbocycles. The summed E-state index contributed by atoms with van der Waals surface area (Å²) >= 11 is 0. The molecule has 0 spiro atoms. The van der Waals surface area contributed by atoms with Gasteiger partial charge in [0.1, 0.15) is 0 Å². The van der Waals surface area contributed by atoms with Crippen LogP contribution in [0, 0.1) is 17.3 Å². The van der Waals surface area contributed by atoms with Crippen LogP contribution in [0.15, 0.2) is 23.8 Å². The van der Waals surface area contributed by atoms with E-state index in [4.69, 9.17) is 5.11 Å². The van der Waals surface area contributed by atoms with Gasteiger partial charge in [-0.05, 0) is 49.4 Å². The summed E-state index contributed by atoms with van der Waals surface area (Å²) in [7, 11) is 0. The third kappa shape index (κ3) is 2.05. The third-order valence-electron chi connectivity index (χ3n) is 4.99. The van der Waals surface area contributed by atoms with E-state index in [-0.39, 0.29) is 11.3 Å². The summed E-state index contributed by atoms with van der Waals surface area (Å²) in [6.07, 6.45) is 7.87. The van der Waals surface area contributed by atoms with Crippen molar-refractivity contribution in [2.45, 2.75) is 46.0 Å². The van der Waals surface area contributed by atoms with Gasteiger partial charge < -0.3 is 5.11 Å². The van der Waals surface area contributed by atoms with Gasteiger partial charge in [0.15, 0.2) is 0 Å². The Bertz CT molecular complexity index is 380. The fourth-order valence-corrected chi connectivity index (χ4v) is 3.51. The van der Waals surface area contributed by atoms with Crippen LogP contribution in [0.2, 0.25) is 0 Å². The zero-order valence-corrected chi connectivity index (χ0v) is 10.8. The lowest BCUT2D eigenvalue weighted by atomic mass is 9.58. The summed E-state index contributed by atoms with van der Waals surface area (Å²) in [6.45, 7) is 8.36. The standard InChI is InChI=1S/C15H22O2/c1-10-5-4-6-13-8-7-12(9-15(10,13)3)11(2)14(16)17/h8,10,12H,2,4-7,9H2,1,3H3,(H,16,17). The van der Waals surface area contributed by atoms with Crippen molar-refractivity contribution in [3.63, 3.8) is 0 Å². The van der Waals surface area contributed by atoms with Crippen molar-refractivity contribution in [1.29, 1.82) is 0 Å². The van der Waals surface area contributed by atoms with Crippen molar-refractivity contribution >= 4 is 5.97 Å². The molecule has 2 heteroatoms. The van der Waals surface area contributed by atoms with Crippen molar-refractivity contribution < 1.29 is 9.90 Å². The van der Waals surface area contributed by atoms with Gasteiger partial charge in [0.25, 0.3) is 0 Å². The second-order valence-electron chi connectivity index (χ2n) is 5.91. The molecule has 0 heterocycles. The summed E-state index contributed by atoms with van der Waals surface area (Å²) in [4.78, 5) is 11.0. The molecule has 3 unspecified atom stereocenters. The summed E-state index contributed by atoms with van der Waals surface area (Å²) in [6, 6.07) is 0. The fraction of sp³-hybridized carbons (Fsp3) is 0.667. The monoisotopic (exact) mass is 234 g/mol. The van der Waals surface area contributed by atoms with Crippen LogP contribution < -0.4 is 0 Å². The molecule has 2 rings (SSSR count). The Morgan fingerprint density at radius 1 is 1.59 bits per heavy atom. The van der Waals surface area contributed by atoms with Gasteiger partial charge in [-0.15, -0.1) is 0 Å². The average Bonchev–Trinajstić information content (AvgIpc) is 2.29. The van der Waals surface area contributed by atoms with Gasteiger partial charge >= 0.3 is 5.97 Å². The molecule has 2 aliphatic rings. The molecule has 0 radical (unpaired) electrons. The zero-order valence-electron chi connectivity index (χ0n) is 10.8. The highest BCUT2D eigenvalue weighted by molar-refractivity contribution is 5.86. The average molecular weight is 234 g/mol. The molecule has 0 aromatic heterocycles. The lowest BCUT2D eigenvalue weighted by Gasteiger charge is -2.47. The summed E-state index contributed by atoms with van der Waals surface area (Å²) < 4.78 is 0. The van der Waals surface area contributed by atoms with E-state index < -0.39 is 5.97 Å². The van der Waals surface area contributed by atoms with Crippen molar-refractivity contribution in [3.05, 3.63) is 23.8 Å². The minimum Gasteiger partial charge on any atom is -0.478 e. The predicted molar refractivity (Wildman–Crippen MR) is 68.7 cm³/mol. The maximum absolute atomic E-state index is 11.0. The lowest BCUT2D eigenvalue weighted by molar-refractivity contribution is -0.133. The number of rotatable bonds is 2. The first-order valence-electron chi connectivity index (χ1n) is 6.56. The van der Waals surface area contributed by atoms with E-state index in [0.29, 0.717) is 11.5 Å². The van der Waals surface area contributed by atoms with Crippen LogP contribution in [-0.4, -0.2) is 11.1 Å². The van der Waals surface area contributed by atoms with Crippen LogP contribution in [0.5, 0.6) is 0 Å². The highest BCUT2D eigenvalue weighted by Crippen LogP contribution is 2.52. The molecule has 0 aromatic carbocycles. The van der Waals surface area contributed by atoms with Crippen molar-refractivity contribution in [3.8, 4) is 0 Å². The molecule has 1 N–H and O–H groups in total. The maximum atomic E-state index is 11.0. The molecular formula is C15H22O2. The van der Waals surface area contributed by atoms with E-state index in [2.05, 4.69) is 26.5 Å². The van der Waals surface area contributed by atoms with Gasteiger partial charge in [-0.3, -0.25) is 0 Å². The third-order valence-corrected chi connectivity index (χ3v) is 4.99.